The molecule has 1 aliphatic heterocycles. The van der Waals surface area contributed by atoms with Gasteiger partial charge in [-0.15, -0.1) is 11.3 Å². The number of thiazole rings is 1. The molecular weight excluding hydrogens is 378 g/mol. The number of hydrogen-bond acceptors (Lipinski definition) is 4. The highest BCUT2D eigenvalue weighted by Crippen LogP contribution is 2.34. The summed E-state index contributed by atoms with van der Waals surface area (Å²) in [7, 11) is 0. The predicted octanol–water partition coefficient (Wildman–Crippen LogP) is 5.42. The highest BCUT2D eigenvalue weighted by atomic mass is 32.1. The smallest absolute Gasteiger partial charge is 0.296 e. The Morgan fingerprint density at radius 2 is 1.68 bits per heavy atom. The lowest BCUT2D eigenvalue weighted by molar-refractivity contribution is 0.0673. The molecule has 0 amide bonds. The van der Waals surface area contributed by atoms with E-state index in [-0.39, 0.29) is 0 Å². The van der Waals surface area contributed by atoms with E-state index in [1.54, 1.807) is 29.5 Å². The number of alkyl halides is 2. The average molecular weight is 398 g/mol. The zero-order valence-corrected chi connectivity index (χ0v) is 16.1. The molecule has 2 aromatic heterocycles. The van der Waals surface area contributed by atoms with Gasteiger partial charge in [0.15, 0.2) is 0 Å². The van der Waals surface area contributed by atoms with E-state index < -0.39 is 6.55 Å². The van der Waals surface area contributed by atoms with Crippen molar-refractivity contribution < 1.29 is 8.78 Å². The lowest BCUT2D eigenvalue weighted by Crippen LogP contribution is -2.33. The summed E-state index contributed by atoms with van der Waals surface area (Å²) in [4.78, 5) is 11.5. The van der Waals surface area contributed by atoms with E-state index in [0.717, 1.165) is 36.0 Å². The number of likely N-dealkylation sites (tertiary alicyclic amines) is 1. The Labute approximate surface area is 165 Å². The fourth-order valence-corrected chi connectivity index (χ4v) is 5.16. The first-order chi connectivity index (χ1) is 13.7. The summed E-state index contributed by atoms with van der Waals surface area (Å²) in [5, 5.41) is 1.20. The van der Waals surface area contributed by atoms with Crippen LogP contribution < -0.4 is 0 Å². The second kappa shape index (κ2) is 7.22. The molecule has 4 aromatic rings. The van der Waals surface area contributed by atoms with E-state index >= 15 is 0 Å². The van der Waals surface area contributed by atoms with Crippen LogP contribution in [0.4, 0.5) is 8.78 Å². The number of para-hydroxylation sites is 3. The molecule has 1 saturated heterocycles. The quantitative estimate of drug-likeness (QED) is 0.460. The SMILES string of the molecule is FC(F)n1c(CN2CCC(c3nc4ccccc4s3)CC2)nc2ccccc21. The van der Waals surface area contributed by atoms with E-state index in [2.05, 4.69) is 22.0 Å². The summed E-state index contributed by atoms with van der Waals surface area (Å²) in [6, 6.07) is 15.3. The third-order valence-electron chi connectivity index (χ3n) is 5.48. The number of imidazole rings is 1. The van der Waals surface area contributed by atoms with Crippen LogP contribution in [0, 0.1) is 0 Å². The predicted molar refractivity (Wildman–Crippen MR) is 108 cm³/mol. The molecule has 1 aliphatic rings. The van der Waals surface area contributed by atoms with Crippen molar-refractivity contribution in [2.45, 2.75) is 31.9 Å². The van der Waals surface area contributed by atoms with Crippen LogP contribution in [0.3, 0.4) is 0 Å². The third-order valence-corrected chi connectivity index (χ3v) is 6.68. The van der Waals surface area contributed by atoms with Crippen LogP contribution in [0.1, 0.15) is 36.1 Å². The minimum absolute atomic E-state index is 0.439. The van der Waals surface area contributed by atoms with Crippen LogP contribution in [0.5, 0.6) is 0 Å². The van der Waals surface area contributed by atoms with Gasteiger partial charge in [0.25, 0.3) is 0 Å². The van der Waals surface area contributed by atoms with E-state index in [1.807, 2.05) is 18.2 Å². The fourth-order valence-electron chi connectivity index (χ4n) is 4.03. The van der Waals surface area contributed by atoms with Gasteiger partial charge in [-0.2, -0.15) is 8.78 Å². The van der Waals surface area contributed by atoms with Gasteiger partial charge in [-0.25, -0.2) is 9.97 Å². The Morgan fingerprint density at radius 3 is 2.43 bits per heavy atom. The number of aromatic nitrogens is 3. The summed E-state index contributed by atoms with van der Waals surface area (Å²) < 4.78 is 29.5. The topological polar surface area (TPSA) is 34.0 Å². The van der Waals surface area contributed by atoms with Crippen LogP contribution in [-0.4, -0.2) is 32.5 Å². The number of fused-ring (bicyclic) bond motifs is 2. The van der Waals surface area contributed by atoms with Crippen LogP contribution in [-0.2, 0) is 6.54 Å². The second-order valence-corrected chi connectivity index (χ2v) is 8.30. The monoisotopic (exact) mass is 398 g/mol. The van der Waals surface area contributed by atoms with Gasteiger partial charge in [0, 0.05) is 5.92 Å². The standard InChI is InChI=1S/C21H20F2N4S/c22-21(23)27-17-7-3-1-5-15(17)24-19(27)13-26-11-9-14(10-12-26)20-25-16-6-2-4-8-18(16)28-20/h1-8,14,21H,9-13H2. The van der Waals surface area contributed by atoms with Crippen LogP contribution >= 0.6 is 11.3 Å². The minimum Gasteiger partial charge on any atom is -0.296 e. The van der Waals surface area contributed by atoms with Gasteiger partial charge in [0.05, 0.1) is 32.8 Å². The van der Waals surface area contributed by atoms with E-state index in [4.69, 9.17) is 4.98 Å². The Morgan fingerprint density at radius 1 is 0.964 bits per heavy atom. The highest BCUT2D eigenvalue weighted by molar-refractivity contribution is 7.18. The molecule has 0 atom stereocenters. The molecule has 144 valence electrons. The van der Waals surface area contributed by atoms with E-state index in [1.165, 1.54) is 9.71 Å². The van der Waals surface area contributed by atoms with Crippen molar-refractivity contribution in [1.82, 2.24) is 19.4 Å². The molecule has 4 nitrogen and oxygen atoms in total. The minimum atomic E-state index is -2.58. The van der Waals surface area contributed by atoms with Crippen molar-refractivity contribution in [2.75, 3.05) is 13.1 Å². The fraction of sp³-hybridized carbons (Fsp3) is 0.333. The highest BCUT2D eigenvalue weighted by Gasteiger charge is 2.25. The summed E-state index contributed by atoms with van der Waals surface area (Å²) >= 11 is 1.77. The number of rotatable bonds is 4. The van der Waals surface area contributed by atoms with Gasteiger partial charge < -0.3 is 0 Å². The van der Waals surface area contributed by atoms with Crippen LogP contribution in [0.2, 0.25) is 0 Å². The molecule has 5 rings (SSSR count). The maximum atomic E-state index is 13.6. The molecule has 0 unspecified atom stereocenters. The number of hydrogen-bond donors (Lipinski definition) is 0. The molecule has 7 heteroatoms. The molecular formula is C21H20F2N4S. The van der Waals surface area contributed by atoms with Crippen molar-refractivity contribution in [3.63, 3.8) is 0 Å². The largest absolute Gasteiger partial charge is 0.320 e. The maximum Gasteiger partial charge on any atom is 0.320 e. The van der Waals surface area contributed by atoms with Crippen LogP contribution in [0.15, 0.2) is 48.5 Å². The van der Waals surface area contributed by atoms with Gasteiger partial charge in [0.2, 0.25) is 0 Å². The molecule has 0 saturated carbocycles. The van der Waals surface area contributed by atoms with Crippen molar-refractivity contribution in [2.24, 2.45) is 0 Å². The number of benzene rings is 2. The first-order valence-electron chi connectivity index (χ1n) is 9.51. The number of halogens is 2. The Bertz CT molecular complexity index is 1080. The van der Waals surface area contributed by atoms with Gasteiger partial charge in [-0.3, -0.25) is 9.47 Å². The first kappa shape index (κ1) is 17.7. The molecule has 0 aliphatic carbocycles. The average Bonchev–Trinajstić information content (AvgIpc) is 3.29. The molecule has 2 aromatic carbocycles. The zero-order valence-electron chi connectivity index (χ0n) is 15.3. The van der Waals surface area contributed by atoms with Gasteiger partial charge in [0.1, 0.15) is 5.82 Å². The first-order valence-corrected chi connectivity index (χ1v) is 10.3. The van der Waals surface area contributed by atoms with Crippen molar-refractivity contribution in [1.29, 1.82) is 0 Å². The summed E-state index contributed by atoms with van der Waals surface area (Å²) in [5.74, 6) is 0.886. The lowest BCUT2D eigenvalue weighted by Gasteiger charge is -2.30. The van der Waals surface area contributed by atoms with E-state index in [9.17, 15) is 8.78 Å². The zero-order chi connectivity index (χ0) is 19.1. The molecule has 0 spiro atoms. The molecule has 3 heterocycles. The van der Waals surface area contributed by atoms with Gasteiger partial charge in [-0.05, 0) is 50.2 Å². The van der Waals surface area contributed by atoms with Gasteiger partial charge in [-0.1, -0.05) is 24.3 Å². The summed E-state index contributed by atoms with van der Waals surface area (Å²) in [6.45, 7) is -0.395. The van der Waals surface area contributed by atoms with Crippen LogP contribution in [0.25, 0.3) is 21.3 Å². The molecule has 0 radical (unpaired) electrons. The van der Waals surface area contributed by atoms with Gasteiger partial charge >= 0.3 is 6.55 Å². The third kappa shape index (κ3) is 3.18. The summed E-state index contributed by atoms with van der Waals surface area (Å²) in [5.41, 5.74) is 2.19. The lowest BCUT2D eigenvalue weighted by atomic mass is 9.97. The Hall–Kier alpha value is -2.38. The Balaban J connectivity index is 1.31. The molecule has 0 N–H and O–H groups in total. The maximum absolute atomic E-state index is 13.6. The van der Waals surface area contributed by atoms with Crippen molar-refractivity contribution in [3.8, 4) is 0 Å². The molecule has 28 heavy (non-hydrogen) atoms. The summed E-state index contributed by atoms with van der Waals surface area (Å²) in [6.07, 6.45) is 1.99. The second-order valence-electron chi connectivity index (χ2n) is 7.23. The Kier molecular flexibility index (Phi) is 4.56. The molecule has 0 bridgehead atoms. The van der Waals surface area contributed by atoms with E-state index in [0.29, 0.717) is 29.3 Å². The number of nitrogens with zero attached hydrogens (tertiary/aromatic N) is 4. The van der Waals surface area contributed by atoms with Crippen molar-refractivity contribution in [3.05, 3.63) is 59.4 Å². The van der Waals surface area contributed by atoms with Crippen molar-refractivity contribution >= 4 is 32.6 Å². The number of piperidine rings is 1. The molecule has 1 fully saturated rings. The normalized spacial score (nSPS) is 16.5.